The van der Waals surface area contributed by atoms with Crippen molar-refractivity contribution in [1.82, 2.24) is 0 Å². The molecule has 2 aromatic rings. The topological polar surface area (TPSA) is 54.4 Å². The van der Waals surface area contributed by atoms with Crippen LogP contribution in [0.3, 0.4) is 0 Å². The number of aryl methyl sites for hydroxylation is 2. The lowest BCUT2D eigenvalue weighted by atomic mass is 9.99. The maximum atomic E-state index is 12.4. The summed E-state index contributed by atoms with van der Waals surface area (Å²) in [4.78, 5) is 23.4. The minimum Gasteiger partial charge on any atom is -0.478 e. The van der Waals surface area contributed by atoms with Crippen LogP contribution in [0.15, 0.2) is 30.3 Å². The lowest BCUT2D eigenvalue weighted by Gasteiger charge is -2.04. The smallest absolute Gasteiger partial charge is 0.335 e. The van der Waals surface area contributed by atoms with Crippen LogP contribution in [0.25, 0.3) is 11.1 Å². The first kappa shape index (κ1) is 11.7. The van der Waals surface area contributed by atoms with Crippen molar-refractivity contribution in [2.45, 2.75) is 13.8 Å². The molecule has 1 N–H and O–H groups in total. The van der Waals surface area contributed by atoms with Crippen molar-refractivity contribution in [3.05, 3.63) is 58.1 Å². The number of ketones is 1. The van der Waals surface area contributed by atoms with E-state index < -0.39 is 5.97 Å². The fourth-order valence-electron chi connectivity index (χ4n) is 2.72. The van der Waals surface area contributed by atoms with Crippen molar-refractivity contribution in [3.8, 4) is 11.1 Å². The van der Waals surface area contributed by atoms with Crippen LogP contribution in [0.5, 0.6) is 0 Å². The second kappa shape index (κ2) is 3.79. The number of aromatic carboxylic acids is 1. The van der Waals surface area contributed by atoms with E-state index in [1.807, 2.05) is 26.0 Å². The van der Waals surface area contributed by atoms with Crippen LogP contribution in [0.4, 0.5) is 0 Å². The summed E-state index contributed by atoms with van der Waals surface area (Å²) >= 11 is 0. The molecule has 94 valence electrons. The number of carbonyl (C=O) groups is 2. The molecular formula is C16H12O3. The third-order valence-electron chi connectivity index (χ3n) is 3.51. The molecule has 0 heterocycles. The molecule has 0 aromatic heterocycles. The van der Waals surface area contributed by atoms with Crippen molar-refractivity contribution in [1.29, 1.82) is 0 Å². The molecule has 0 unspecified atom stereocenters. The number of benzene rings is 2. The molecule has 0 spiro atoms. The van der Waals surface area contributed by atoms with E-state index in [-0.39, 0.29) is 11.3 Å². The quantitative estimate of drug-likeness (QED) is 0.723. The molecule has 1 aliphatic carbocycles. The van der Waals surface area contributed by atoms with Crippen LogP contribution in [0.1, 0.15) is 37.4 Å². The molecule has 0 atom stereocenters. The van der Waals surface area contributed by atoms with Crippen LogP contribution in [0.2, 0.25) is 0 Å². The van der Waals surface area contributed by atoms with Gasteiger partial charge in [0, 0.05) is 11.1 Å². The third kappa shape index (κ3) is 1.58. The number of carbonyl (C=O) groups excluding carboxylic acids is 1. The fourth-order valence-corrected chi connectivity index (χ4v) is 2.72. The highest BCUT2D eigenvalue weighted by molar-refractivity contribution is 6.23. The molecule has 3 nitrogen and oxygen atoms in total. The molecule has 0 fully saturated rings. The summed E-state index contributed by atoms with van der Waals surface area (Å²) in [6.45, 7) is 3.90. The maximum absolute atomic E-state index is 12.4. The highest BCUT2D eigenvalue weighted by Crippen LogP contribution is 2.39. The van der Waals surface area contributed by atoms with Crippen molar-refractivity contribution < 1.29 is 14.7 Å². The van der Waals surface area contributed by atoms with E-state index in [0.717, 1.165) is 22.3 Å². The zero-order valence-electron chi connectivity index (χ0n) is 10.7. The van der Waals surface area contributed by atoms with Gasteiger partial charge in [-0.2, -0.15) is 0 Å². The van der Waals surface area contributed by atoms with Crippen molar-refractivity contribution in [2.75, 3.05) is 0 Å². The first-order valence-corrected chi connectivity index (χ1v) is 6.02. The summed E-state index contributed by atoms with van der Waals surface area (Å²) in [5, 5.41) is 9.01. The predicted octanol–water partition coefficient (Wildman–Crippen LogP) is 3.21. The van der Waals surface area contributed by atoms with Gasteiger partial charge < -0.3 is 5.11 Å². The molecule has 3 rings (SSSR count). The standard InChI is InChI=1S/C16H12O3/c1-8-5-9(2)14-12(6-8)11-4-3-10(16(18)19)7-13(11)15(14)17/h3-7H,1-2H3,(H,18,19). The second-order valence-corrected chi connectivity index (χ2v) is 4.90. The van der Waals surface area contributed by atoms with E-state index in [2.05, 4.69) is 0 Å². The number of carboxylic acid groups (broad SMARTS) is 1. The molecule has 0 amide bonds. The van der Waals surface area contributed by atoms with Gasteiger partial charge in [-0.1, -0.05) is 23.8 Å². The van der Waals surface area contributed by atoms with Gasteiger partial charge in [0.15, 0.2) is 5.78 Å². The van der Waals surface area contributed by atoms with Gasteiger partial charge in [-0.05, 0) is 42.7 Å². The van der Waals surface area contributed by atoms with Crippen molar-refractivity contribution in [2.24, 2.45) is 0 Å². The lowest BCUT2D eigenvalue weighted by Crippen LogP contribution is -2.01. The minimum atomic E-state index is -1.01. The van der Waals surface area contributed by atoms with Gasteiger partial charge in [0.2, 0.25) is 0 Å². The molecule has 0 radical (unpaired) electrons. The number of fused-ring (bicyclic) bond motifs is 3. The summed E-state index contributed by atoms with van der Waals surface area (Å²) in [7, 11) is 0. The lowest BCUT2D eigenvalue weighted by molar-refractivity contribution is 0.0697. The average molecular weight is 252 g/mol. The normalized spacial score (nSPS) is 12.2. The van der Waals surface area contributed by atoms with E-state index in [9.17, 15) is 9.59 Å². The van der Waals surface area contributed by atoms with E-state index in [1.165, 1.54) is 6.07 Å². The summed E-state index contributed by atoms with van der Waals surface area (Å²) in [6.07, 6.45) is 0. The van der Waals surface area contributed by atoms with Gasteiger partial charge in [-0.15, -0.1) is 0 Å². The summed E-state index contributed by atoms with van der Waals surface area (Å²) in [5.74, 6) is -1.09. The molecule has 19 heavy (non-hydrogen) atoms. The second-order valence-electron chi connectivity index (χ2n) is 4.90. The van der Waals surface area contributed by atoms with Gasteiger partial charge in [0.25, 0.3) is 0 Å². The molecule has 3 heteroatoms. The molecule has 1 aliphatic rings. The number of hydrogen-bond donors (Lipinski definition) is 1. The Hall–Kier alpha value is -2.42. The highest BCUT2D eigenvalue weighted by atomic mass is 16.4. The number of rotatable bonds is 1. The number of hydrogen-bond acceptors (Lipinski definition) is 2. The Morgan fingerprint density at radius 1 is 1.00 bits per heavy atom. The molecule has 0 saturated carbocycles. The Morgan fingerprint density at radius 2 is 1.74 bits per heavy atom. The first-order chi connectivity index (χ1) is 8.99. The van der Waals surface area contributed by atoms with Gasteiger partial charge >= 0.3 is 5.97 Å². The summed E-state index contributed by atoms with van der Waals surface area (Å²) < 4.78 is 0. The molecule has 2 aromatic carbocycles. The van der Waals surface area contributed by atoms with E-state index in [0.29, 0.717) is 11.1 Å². The predicted molar refractivity (Wildman–Crippen MR) is 71.7 cm³/mol. The van der Waals surface area contributed by atoms with Gasteiger partial charge in [0.1, 0.15) is 0 Å². The summed E-state index contributed by atoms with van der Waals surface area (Å²) in [6, 6.07) is 8.69. The first-order valence-electron chi connectivity index (χ1n) is 6.02. The van der Waals surface area contributed by atoms with Gasteiger partial charge in [-0.25, -0.2) is 4.79 Å². The van der Waals surface area contributed by atoms with E-state index in [4.69, 9.17) is 5.11 Å². The van der Waals surface area contributed by atoms with E-state index in [1.54, 1.807) is 12.1 Å². The SMILES string of the molecule is Cc1cc(C)c2c(c1)-c1ccc(C(=O)O)cc1C2=O. The third-order valence-corrected chi connectivity index (χ3v) is 3.51. The van der Waals surface area contributed by atoms with Crippen molar-refractivity contribution in [3.63, 3.8) is 0 Å². The average Bonchev–Trinajstić information content (AvgIpc) is 2.62. The van der Waals surface area contributed by atoms with Crippen LogP contribution in [-0.2, 0) is 0 Å². The Morgan fingerprint density at radius 3 is 2.42 bits per heavy atom. The van der Waals surface area contributed by atoms with Crippen LogP contribution >= 0.6 is 0 Å². The zero-order valence-corrected chi connectivity index (χ0v) is 10.7. The molecule has 0 bridgehead atoms. The van der Waals surface area contributed by atoms with Crippen LogP contribution < -0.4 is 0 Å². The molecule has 0 aliphatic heterocycles. The number of carboxylic acids is 1. The van der Waals surface area contributed by atoms with E-state index >= 15 is 0 Å². The summed E-state index contributed by atoms with van der Waals surface area (Å²) in [5.41, 5.74) is 5.11. The zero-order chi connectivity index (χ0) is 13.7. The van der Waals surface area contributed by atoms with Gasteiger partial charge in [-0.3, -0.25) is 4.79 Å². The maximum Gasteiger partial charge on any atom is 0.335 e. The Kier molecular flexibility index (Phi) is 2.32. The largest absolute Gasteiger partial charge is 0.478 e. The Bertz CT molecular complexity index is 742. The van der Waals surface area contributed by atoms with Crippen LogP contribution in [-0.4, -0.2) is 16.9 Å². The minimum absolute atomic E-state index is 0.0781. The Balaban J connectivity index is 2.31. The molecular weight excluding hydrogens is 240 g/mol. The fraction of sp³-hybridized carbons (Fsp3) is 0.125. The highest BCUT2D eigenvalue weighted by Gasteiger charge is 2.29. The monoisotopic (exact) mass is 252 g/mol. The molecule has 0 saturated heterocycles. The van der Waals surface area contributed by atoms with Crippen molar-refractivity contribution >= 4 is 11.8 Å². The van der Waals surface area contributed by atoms with Crippen LogP contribution in [0, 0.1) is 13.8 Å². The van der Waals surface area contributed by atoms with Gasteiger partial charge in [0.05, 0.1) is 5.56 Å². The Labute approximate surface area is 110 Å².